The lowest BCUT2D eigenvalue weighted by Crippen LogP contribution is -2.37. The Hall–Kier alpha value is -1.89. The minimum absolute atomic E-state index is 0.132. The highest BCUT2D eigenvalue weighted by atomic mass is 16.2. The number of fused-ring (bicyclic) bond motifs is 1. The highest BCUT2D eigenvalue weighted by molar-refractivity contribution is 5.97. The van der Waals surface area contributed by atoms with Gasteiger partial charge in [-0.2, -0.15) is 0 Å². The molecule has 1 aromatic heterocycles. The predicted octanol–water partition coefficient (Wildman–Crippen LogP) is 1.57. The number of carbonyl (C=O) groups excluding carboxylic acids is 2. The molecule has 2 aliphatic rings. The van der Waals surface area contributed by atoms with Crippen LogP contribution in [-0.2, 0) is 13.0 Å². The fourth-order valence-corrected chi connectivity index (χ4v) is 3.87. The number of hydrogen-bond donors (Lipinski definition) is 2. The van der Waals surface area contributed by atoms with Gasteiger partial charge in [0.15, 0.2) is 5.82 Å². The number of nitrogens with one attached hydrogen (secondary N) is 2. The van der Waals surface area contributed by atoms with Crippen molar-refractivity contribution < 1.29 is 9.59 Å². The summed E-state index contributed by atoms with van der Waals surface area (Å²) in [5.41, 5.74) is 1.34. The molecule has 3 rings (SSSR count). The second kappa shape index (κ2) is 8.66. The first-order valence-electron chi connectivity index (χ1n) is 9.89. The van der Waals surface area contributed by atoms with Crippen LogP contribution < -0.4 is 10.6 Å². The lowest BCUT2D eigenvalue weighted by molar-refractivity contribution is 0.0911. The third-order valence-electron chi connectivity index (χ3n) is 5.32. The van der Waals surface area contributed by atoms with Crippen LogP contribution in [0.25, 0.3) is 0 Å². The first-order chi connectivity index (χ1) is 12.6. The summed E-state index contributed by atoms with van der Waals surface area (Å²) in [4.78, 5) is 31.9. The average Bonchev–Trinajstić information content (AvgIpc) is 3.02. The second-order valence-electron chi connectivity index (χ2n) is 7.71. The quantitative estimate of drug-likeness (QED) is 0.806. The monoisotopic (exact) mass is 361 g/mol. The van der Waals surface area contributed by atoms with Gasteiger partial charge >= 0.3 is 0 Å². The van der Waals surface area contributed by atoms with Gasteiger partial charge in [0.25, 0.3) is 11.8 Å². The molecule has 2 N–H and O–H groups in total. The highest BCUT2D eigenvalue weighted by Gasteiger charge is 2.28. The smallest absolute Gasteiger partial charge is 0.287 e. The molecule has 1 aromatic rings. The van der Waals surface area contributed by atoms with Crippen LogP contribution in [0.15, 0.2) is 0 Å². The molecule has 7 heteroatoms. The van der Waals surface area contributed by atoms with E-state index in [1.807, 2.05) is 23.6 Å². The van der Waals surface area contributed by atoms with E-state index in [0.29, 0.717) is 18.1 Å². The topological polar surface area (TPSA) is 79.3 Å². The Kier molecular flexibility index (Phi) is 6.29. The summed E-state index contributed by atoms with van der Waals surface area (Å²) in [7, 11) is 3.94. The van der Waals surface area contributed by atoms with Gasteiger partial charge in [-0.25, -0.2) is 4.98 Å². The van der Waals surface area contributed by atoms with Crippen LogP contribution in [0.2, 0.25) is 0 Å². The maximum absolute atomic E-state index is 12.8. The average molecular weight is 361 g/mol. The van der Waals surface area contributed by atoms with Gasteiger partial charge in [0.05, 0.1) is 5.69 Å². The van der Waals surface area contributed by atoms with E-state index in [1.54, 1.807) is 0 Å². The molecule has 1 saturated carbocycles. The van der Waals surface area contributed by atoms with Crippen molar-refractivity contribution in [1.29, 1.82) is 0 Å². The van der Waals surface area contributed by atoms with Crippen molar-refractivity contribution in [3.63, 3.8) is 0 Å². The van der Waals surface area contributed by atoms with Crippen LogP contribution in [0.5, 0.6) is 0 Å². The van der Waals surface area contributed by atoms with Crippen LogP contribution in [0.3, 0.4) is 0 Å². The Morgan fingerprint density at radius 2 is 1.88 bits per heavy atom. The zero-order chi connectivity index (χ0) is 18.5. The van der Waals surface area contributed by atoms with E-state index < -0.39 is 0 Å². The van der Waals surface area contributed by atoms with Gasteiger partial charge in [-0.15, -0.1) is 0 Å². The number of carbonyl (C=O) groups is 2. The molecule has 0 bridgehead atoms. The minimum atomic E-state index is -0.172. The van der Waals surface area contributed by atoms with Crippen molar-refractivity contribution in [1.82, 2.24) is 25.1 Å². The highest BCUT2D eigenvalue weighted by Crippen LogP contribution is 2.22. The van der Waals surface area contributed by atoms with Gasteiger partial charge in [0, 0.05) is 25.7 Å². The number of aromatic nitrogens is 2. The van der Waals surface area contributed by atoms with Gasteiger partial charge in [-0.3, -0.25) is 9.59 Å². The normalized spacial score (nSPS) is 17.8. The lowest BCUT2D eigenvalue weighted by atomic mass is 9.95. The Morgan fingerprint density at radius 1 is 1.12 bits per heavy atom. The molecular weight excluding hydrogens is 330 g/mol. The van der Waals surface area contributed by atoms with Crippen molar-refractivity contribution in [3.8, 4) is 0 Å². The largest absolute Gasteiger partial charge is 0.349 e. The standard InChI is InChI=1S/C19H31N5O2/c1-23(2)13-11-20-18(25)16-15-10-6-7-12-24(15)17(22-16)19(26)21-14-8-4-3-5-9-14/h14H,3-13H2,1-2H3,(H,20,25)(H,21,26). The minimum Gasteiger partial charge on any atom is -0.349 e. The van der Waals surface area contributed by atoms with E-state index in [0.717, 1.165) is 50.9 Å². The first-order valence-corrected chi connectivity index (χ1v) is 9.89. The maximum atomic E-state index is 12.8. The van der Waals surface area contributed by atoms with Crippen LogP contribution in [0.4, 0.5) is 0 Å². The van der Waals surface area contributed by atoms with Gasteiger partial charge in [0.1, 0.15) is 5.69 Å². The molecule has 1 fully saturated rings. The van der Waals surface area contributed by atoms with E-state index >= 15 is 0 Å². The molecule has 26 heavy (non-hydrogen) atoms. The Labute approximate surface area is 155 Å². The van der Waals surface area contributed by atoms with E-state index in [4.69, 9.17) is 0 Å². The second-order valence-corrected chi connectivity index (χ2v) is 7.71. The van der Waals surface area contributed by atoms with Crippen LogP contribution in [0.1, 0.15) is 71.7 Å². The Bertz CT molecular complexity index is 647. The van der Waals surface area contributed by atoms with Crippen molar-refractivity contribution in [2.45, 2.75) is 64.0 Å². The number of imidazole rings is 1. The fraction of sp³-hybridized carbons (Fsp3) is 0.737. The number of rotatable bonds is 6. The van der Waals surface area contributed by atoms with E-state index in [-0.39, 0.29) is 17.9 Å². The third-order valence-corrected chi connectivity index (χ3v) is 5.32. The summed E-state index contributed by atoms with van der Waals surface area (Å²) in [6, 6.07) is 0.241. The molecule has 1 aliphatic carbocycles. The predicted molar refractivity (Wildman–Crippen MR) is 100 cm³/mol. The number of likely N-dealkylation sites (N-methyl/N-ethyl adjacent to an activating group) is 1. The summed E-state index contributed by atoms with van der Waals surface area (Å²) in [5.74, 6) is 0.102. The van der Waals surface area contributed by atoms with Crippen molar-refractivity contribution in [2.75, 3.05) is 27.2 Å². The van der Waals surface area contributed by atoms with Crippen LogP contribution >= 0.6 is 0 Å². The summed E-state index contributed by atoms with van der Waals surface area (Å²) >= 11 is 0. The Balaban J connectivity index is 1.74. The molecular formula is C19H31N5O2. The molecule has 144 valence electrons. The van der Waals surface area contributed by atoms with Crippen molar-refractivity contribution >= 4 is 11.8 Å². The molecule has 0 unspecified atom stereocenters. The molecule has 1 aliphatic heterocycles. The molecule has 0 aromatic carbocycles. The number of nitrogens with zero attached hydrogens (tertiary/aromatic N) is 3. The number of hydrogen-bond acceptors (Lipinski definition) is 4. The van der Waals surface area contributed by atoms with E-state index in [2.05, 4.69) is 15.6 Å². The summed E-state index contributed by atoms with van der Waals surface area (Å²) in [5, 5.41) is 6.06. The maximum Gasteiger partial charge on any atom is 0.287 e. The third kappa shape index (κ3) is 4.44. The molecule has 0 saturated heterocycles. The van der Waals surface area contributed by atoms with Gasteiger partial charge < -0.3 is 20.1 Å². The van der Waals surface area contributed by atoms with Crippen molar-refractivity contribution in [2.24, 2.45) is 0 Å². The van der Waals surface area contributed by atoms with Crippen LogP contribution in [-0.4, -0.2) is 59.5 Å². The van der Waals surface area contributed by atoms with Gasteiger partial charge in [-0.1, -0.05) is 19.3 Å². The van der Waals surface area contributed by atoms with Gasteiger partial charge in [0.2, 0.25) is 0 Å². The lowest BCUT2D eigenvalue weighted by Gasteiger charge is -2.23. The summed E-state index contributed by atoms with van der Waals surface area (Å²) < 4.78 is 1.96. The number of amides is 2. The van der Waals surface area contributed by atoms with Crippen molar-refractivity contribution in [3.05, 3.63) is 17.2 Å². The molecule has 2 heterocycles. The molecule has 0 radical (unpaired) electrons. The molecule has 0 spiro atoms. The zero-order valence-electron chi connectivity index (χ0n) is 16.0. The molecule has 2 amide bonds. The summed E-state index contributed by atoms with van der Waals surface area (Å²) in [6.07, 6.45) is 8.54. The Morgan fingerprint density at radius 3 is 2.62 bits per heavy atom. The van der Waals surface area contributed by atoms with E-state index in [9.17, 15) is 9.59 Å². The zero-order valence-corrected chi connectivity index (χ0v) is 16.0. The van der Waals surface area contributed by atoms with Crippen LogP contribution in [0, 0.1) is 0 Å². The van der Waals surface area contributed by atoms with Gasteiger partial charge in [-0.05, 0) is 46.2 Å². The summed E-state index contributed by atoms with van der Waals surface area (Å²) in [6.45, 7) is 2.11. The molecule has 0 atom stereocenters. The molecule has 7 nitrogen and oxygen atoms in total. The first kappa shape index (κ1) is 18.9. The fourth-order valence-electron chi connectivity index (χ4n) is 3.87. The SMILES string of the molecule is CN(C)CCNC(=O)c1nc(C(=O)NC2CCCCC2)n2c1CCCC2. The van der Waals surface area contributed by atoms with E-state index in [1.165, 1.54) is 19.3 Å².